The van der Waals surface area contributed by atoms with Crippen LogP contribution in [0.1, 0.15) is 12.0 Å². The van der Waals surface area contributed by atoms with Gasteiger partial charge in [-0.15, -0.1) is 0 Å². The van der Waals surface area contributed by atoms with Gasteiger partial charge >= 0.3 is 0 Å². The van der Waals surface area contributed by atoms with E-state index in [2.05, 4.69) is 31.1 Å². The first-order valence-electron chi connectivity index (χ1n) is 6.36. The van der Waals surface area contributed by atoms with Crippen molar-refractivity contribution in [2.24, 2.45) is 5.73 Å². The zero-order chi connectivity index (χ0) is 13.1. The van der Waals surface area contributed by atoms with Crippen molar-refractivity contribution in [1.29, 1.82) is 0 Å². The van der Waals surface area contributed by atoms with Gasteiger partial charge in [-0.25, -0.2) is 0 Å². The van der Waals surface area contributed by atoms with Crippen molar-refractivity contribution in [2.75, 3.05) is 32.1 Å². The number of nitrogens with zero attached hydrogens (tertiary/aromatic N) is 2. The van der Waals surface area contributed by atoms with Gasteiger partial charge in [-0.05, 0) is 38.2 Å². The highest BCUT2D eigenvalue weighted by Crippen LogP contribution is 2.21. The Balaban J connectivity index is 2.01. The van der Waals surface area contributed by atoms with E-state index in [9.17, 15) is 4.79 Å². The number of hydrogen-bond acceptors (Lipinski definition) is 3. The predicted molar refractivity (Wildman–Crippen MR) is 73.6 cm³/mol. The molecule has 0 aliphatic carbocycles. The Morgan fingerprint density at radius 2 is 2.00 bits per heavy atom. The van der Waals surface area contributed by atoms with Crippen LogP contribution in [-0.2, 0) is 11.2 Å². The number of benzene rings is 1. The van der Waals surface area contributed by atoms with Gasteiger partial charge in [-0.1, -0.05) is 12.1 Å². The Bertz CT molecular complexity index is 414. The van der Waals surface area contributed by atoms with E-state index >= 15 is 0 Å². The second kappa shape index (κ2) is 5.50. The molecular formula is C14H21N3O. The molecule has 1 aromatic carbocycles. The molecule has 1 aliphatic rings. The molecule has 0 saturated carbocycles. The molecule has 0 radical (unpaired) electrons. The summed E-state index contributed by atoms with van der Waals surface area (Å²) in [5.41, 5.74) is 8.05. The van der Waals surface area contributed by atoms with Crippen LogP contribution in [0.5, 0.6) is 0 Å². The summed E-state index contributed by atoms with van der Waals surface area (Å²) in [6.07, 6.45) is 1.49. The summed E-state index contributed by atoms with van der Waals surface area (Å²) in [5.74, 6) is 0.128. The van der Waals surface area contributed by atoms with Gasteiger partial charge in [-0.3, -0.25) is 4.79 Å². The zero-order valence-corrected chi connectivity index (χ0v) is 11.1. The van der Waals surface area contributed by atoms with E-state index in [0.29, 0.717) is 13.0 Å². The first kappa shape index (κ1) is 13.1. The van der Waals surface area contributed by atoms with Crippen molar-refractivity contribution in [3.05, 3.63) is 29.8 Å². The van der Waals surface area contributed by atoms with Crippen LogP contribution in [0.15, 0.2) is 24.3 Å². The topological polar surface area (TPSA) is 49.6 Å². The average molecular weight is 247 g/mol. The first-order valence-corrected chi connectivity index (χ1v) is 6.36. The molecule has 0 bridgehead atoms. The first-order chi connectivity index (χ1) is 8.56. The average Bonchev–Trinajstić information content (AvgIpc) is 2.66. The van der Waals surface area contributed by atoms with E-state index in [-0.39, 0.29) is 11.9 Å². The summed E-state index contributed by atoms with van der Waals surface area (Å²) < 4.78 is 0. The van der Waals surface area contributed by atoms with Crippen molar-refractivity contribution in [3.8, 4) is 0 Å². The lowest BCUT2D eigenvalue weighted by molar-refractivity contribution is -0.117. The fourth-order valence-corrected chi connectivity index (χ4v) is 2.18. The minimum atomic E-state index is -0.0223. The number of anilines is 1. The second-order valence-corrected chi connectivity index (χ2v) is 5.19. The predicted octanol–water partition coefficient (Wildman–Crippen LogP) is 0.855. The molecule has 1 heterocycles. The van der Waals surface area contributed by atoms with Crippen LogP contribution < -0.4 is 10.6 Å². The van der Waals surface area contributed by atoms with Crippen LogP contribution in [0.4, 0.5) is 5.69 Å². The highest BCUT2D eigenvalue weighted by molar-refractivity contribution is 5.96. The van der Waals surface area contributed by atoms with Gasteiger partial charge in [-0.2, -0.15) is 0 Å². The number of likely N-dealkylation sites (N-methyl/N-ethyl adjacent to an activating group) is 1. The second-order valence-electron chi connectivity index (χ2n) is 5.19. The molecule has 98 valence electrons. The van der Waals surface area contributed by atoms with Crippen LogP contribution >= 0.6 is 0 Å². The minimum absolute atomic E-state index is 0.0223. The number of nitrogens with two attached hydrogens (primary N) is 1. The molecule has 2 N–H and O–H groups in total. The summed E-state index contributed by atoms with van der Waals surface area (Å²) in [4.78, 5) is 15.7. The number of rotatable bonds is 4. The maximum absolute atomic E-state index is 11.7. The van der Waals surface area contributed by atoms with E-state index in [4.69, 9.17) is 5.73 Å². The molecule has 4 nitrogen and oxygen atoms in total. The molecule has 1 amide bonds. The van der Waals surface area contributed by atoms with Crippen LogP contribution in [0.25, 0.3) is 0 Å². The van der Waals surface area contributed by atoms with Crippen LogP contribution in [0.2, 0.25) is 0 Å². The van der Waals surface area contributed by atoms with Crippen LogP contribution in [0.3, 0.4) is 0 Å². The van der Waals surface area contributed by atoms with Crippen LogP contribution in [0, 0.1) is 0 Å². The van der Waals surface area contributed by atoms with Crippen molar-refractivity contribution >= 4 is 11.6 Å². The molecule has 1 aliphatic heterocycles. The molecule has 2 rings (SSSR count). The van der Waals surface area contributed by atoms with Gasteiger partial charge in [0.2, 0.25) is 5.91 Å². The maximum atomic E-state index is 11.7. The van der Waals surface area contributed by atoms with E-state index in [1.54, 1.807) is 4.90 Å². The van der Waals surface area contributed by atoms with E-state index in [0.717, 1.165) is 18.7 Å². The molecule has 0 aromatic heterocycles. The summed E-state index contributed by atoms with van der Waals surface area (Å²) >= 11 is 0. The van der Waals surface area contributed by atoms with Crippen molar-refractivity contribution < 1.29 is 4.79 Å². The minimum Gasteiger partial charge on any atom is -0.326 e. The lowest BCUT2D eigenvalue weighted by atomic mass is 10.1. The van der Waals surface area contributed by atoms with Crippen LogP contribution in [-0.4, -0.2) is 44.0 Å². The molecule has 0 spiro atoms. The third kappa shape index (κ3) is 3.09. The zero-order valence-electron chi connectivity index (χ0n) is 11.1. The SMILES string of the molecule is CN(C)CCc1ccc(N2CC(N)CC2=O)cc1. The Morgan fingerprint density at radius 1 is 1.33 bits per heavy atom. The Hall–Kier alpha value is -1.39. The normalized spacial score (nSPS) is 19.9. The van der Waals surface area contributed by atoms with Gasteiger partial charge in [0.15, 0.2) is 0 Å². The molecule has 4 heteroatoms. The molecule has 1 saturated heterocycles. The highest BCUT2D eigenvalue weighted by Gasteiger charge is 2.27. The molecule has 1 unspecified atom stereocenters. The van der Waals surface area contributed by atoms with E-state index < -0.39 is 0 Å². The van der Waals surface area contributed by atoms with Gasteiger partial charge in [0.1, 0.15) is 0 Å². The number of hydrogen-bond donors (Lipinski definition) is 1. The summed E-state index contributed by atoms with van der Waals surface area (Å²) in [6.45, 7) is 1.67. The Kier molecular flexibility index (Phi) is 3.99. The van der Waals surface area contributed by atoms with Gasteiger partial charge in [0.25, 0.3) is 0 Å². The van der Waals surface area contributed by atoms with Crippen molar-refractivity contribution in [2.45, 2.75) is 18.9 Å². The highest BCUT2D eigenvalue weighted by atomic mass is 16.2. The monoisotopic (exact) mass is 247 g/mol. The summed E-state index contributed by atoms with van der Waals surface area (Å²) in [7, 11) is 4.14. The number of carbonyl (C=O) groups excluding carboxylic acids is 1. The van der Waals surface area contributed by atoms with Gasteiger partial charge < -0.3 is 15.5 Å². The number of amides is 1. The smallest absolute Gasteiger partial charge is 0.228 e. The largest absolute Gasteiger partial charge is 0.326 e. The molecule has 1 atom stereocenters. The standard InChI is InChI=1S/C14H21N3O/c1-16(2)8-7-11-3-5-13(6-4-11)17-10-12(15)9-14(17)18/h3-6,12H,7-10,15H2,1-2H3. The summed E-state index contributed by atoms with van der Waals surface area (Å²) in [6, 6.07) is 8.19. The van der Waals surface area contributed by atoms with E-state index in [1.807, 2.05) is 12.1 Å². The Morgan fingerprint density at radius 3 is 2.50 bits per heavy atom. The van der Waals surface area contributed by atoms with Crippen molar-refractivity contribution in [3.63, 3.8) is 0 Å². The molecule has 1 fully saturated rings. The lowest BCUT2D eigenvalue weighted by Crippen LogP contribution is -2.27. The third-order valence-electron chi connectivity index (χ3n) is 3.25. The van der Waals surface area contributed by atoms with Gasteiger partial charge in [0.05, 0.1) is 0 Å². The maximum Gasteiger partial charge on any atom is 0.228 e. The number of carbonyl (C=O) groups is 1. The fraction of sp³-hybridized carbons (Fsp3) is 0.500. The summed E-state index contributed by atoms with van der Waals surface area (Å²) in [5, 5.41) is 0. The molecule has 18 heavy (non-hydrogen) atoms. The lowest BCUT2D eigenvalue weighted by Gasteiger charge is -2.16. The van der Waals surface area contributed by atoms with E-state index in [1.165, 1.54) is 5.56 Å². The fourth-order valence-electron chi connectivity index (χ4n) is 2.18. The quantitative estimate of drug-likeness (QED) is 0.858. The van der Waals surface area contributed by atoms with Crippen molar-refractivity contribution in [1.82, 2.24) is 4.90 Å². The Labute approximate surface area is 108 Å². The molecule has 1 aromatic rings. The third-order valence-corrected chi connectivity index (χ3v) is 3.25. The molecular weight excluding hydrogens is 226 g/mol. The van der Waals surface area contributed by atoms with Gasteiger partial charge in [0, 0.05) is 31.2 Å².